The Morgan fingerprint density at radius 2 is 1.78 bits per heavy atom. The lowest BCUT2D eigenvalue weighted by Crippen LogP contribution is -2.07. The average molecular weight is 158 g/mol. The van der Waals surface area contributed by atoms with E-state index in [1.54, 1.807) is 0 Å². The molecule has 0 spiro atoms. The second-order valence-electron chi connectivity index (χ2n) is 3.18. The second kappa shape index (κ2) is 5.00. The van der Waals surface area contributed by atoms with Crippen molar-refractivity contribution in [3.63, 3.8) is 0 Å². The summed E-state index contributed by atoms with van der Waals surface area (Å²) < 4.78 is 0. The van der Waals surface area contributed by atoms with Crippen molar-refractivity contribution in [3.05, 3.63) is 12.3 Å². The maximum atomic E-state index is 3.82. The Hall–Kier alpha value is 0.174. The molecule has 0 aromatic rings. The SMILES string of the molecule is C=C[SiH](C)CC[SiH](C)C. The maximum absolute atomic E-state index is 3.82. The van der Waals surface area contributed by atoms with Crippen molar-refractivity contribution in [2.24, 2.45) is 0 Å². The molecule has 0 bridgehead atoms. The van der Waals surface area contributed by atoms with E-state index in [-0.39, 0.29) is 8.80 Å². The molecule has 0 aliphatic carbocycles. The van der Waals surface area contributed by atoms with Crippen LogP contribution < -0.4 is 0 Å². The third-order valence-corrected chi connectivity index (χ3v) is 5.81. The molecule has 0 aromatic heterocycles. The lowest BCUT2D eigenvalue weighted by molar-refractivity contribution is 1.36. The van der Waals surface area contributed by atoms with Crippen molar-refractivity contribution >= 4 is 17.6 Å². The van der Waals surface area contributed by atoms with Crippen molar-refractivity contribution in [2.45, 2.75) is 31.7 Å². The molecular weight excluding hydrogens is 140 g/mol. The van der Waals surface area contributed by atoms with Gasteiger partial charge in [0.2, 0.25) is 0 Å². The van der Waals surface area contributed by atoms with E-state index in [9.17, 15) is 0 Å². The van der Waals surface area contributed by atoms with Crippen molar-refractivity contribution in [1.82, 2.24) is 0 Å². The molecule has 2 heteroatoms. The van der Waals surface area contributed by atoms with Crippen LogP contribution in [-0.2, 0) is 0 Å². The molecule has 0 aliphatic rings. The first-order valence-corrected chi connectivity index (χ1v) is 9.55. The van der Waals surface area contributed by atoms with Gasteiger partial charge in [0.15, 0.2) is 0 Å². The van der Waals surface area contributed by atoms with E-state index in [0.29, 0.717) is 0 Å². The van der Waals surface area contributed by atoms with Gasteiger partial charge in [0.05, 0.1) is 8.80 Å². The van der Waals surface area contributed by atoms with Gasteiger partial charge in [-0.1, -0.05) is 31.7 Å². The minimum Gasteiger partial charge on any atom is -0.107 e. The van der Waals surface area contributed by atoms with Gasteiger partial charge in [-0.05, 0) is 0 Å². The predicted molar refractivity (Wildman–Crippen MR) is 51.7 cm³/mol. The van der Waals surface area contributed by atoms with Gasteiger partial charge in [0, 0.05) is 8.80 Å². The van der Waals surface area contributed by atoms with Crippen LogP contribution in [0.15, 0.2) is 12.3 Å². The molecule has 9 heavy (non-hydrogen) atoms. The molecule has 0 fully saturated rings. The van der Waals surface area contributed by atoms with Crippen molar-refractivity contribution in [3.8, 4) is 0 Å². The Bertz CT molecular complexity index is 79.0. The predicted octanol–water partition coefficient (Wildman–Crippen LogP) is 2.06. The Morgan fingerprint density at radius 1 is 1.22 bits per heavy atom. The first-order valence-electron chi connectivity index (χ1n) is 3.79. The number of rotatable bonds is 4. The van der Waals surface area contributed by atoms with E-state index < -0.39 is 8.80 Å². The van der Waals surface area contributed by atoms with Crippen LogP contribution in [0.2, 0.25) is 31.7 Å². The lowest BCUT2D eigenvalue weighted by Gasteiger charge is -2.04. The van der Waals surface area contributed by atoms with Crippen LogP contribution in [0.25, 0.3) is 0 Å². The van der Waals surface area contributed by atoms with E-state index in [1.807, 2.05) is 0 Å². The van der Waals surface area contributed by atoms with Crippen LogP contribution in [0.4, 0.5) is 0 Å². The molecule has 0 heterocycles. The highest BCUT2D eigenvalue weighted by atomic mass is 28.3. The molecule has 54 valence electrons. The molecule has 0 saturated heterocycles. The molecule has 0 saturated carbocycles. The zero-order valence-corrected chi connectivity index (χ0v) is 9.16. The first-order chi connectivity index (χ1) is 4.16. The summed E-state index contributed by atoms with van der Waals surface area (Å²) in [6.07, 6.45) is 0. The van der Waals surface area contributed by atoms with E-state index >= 15 is 0 Å². The topological polar surface area (TPSA) is 0 Å². The standard InChI is InChI=1S/C7H18Si2/c1-5-9(4)7-6-8(2)3/h5,8-9H,1,6-7H2,2-4H3. The summed E-state index contributed by atoms with van der Waals surface area (Å²) in [6, 6.07) is 3.02. The Labute approximate surface area is 62.2 Å². The fourth-order valence-electron chi connectivity index (χ4n) is 0.714. The second-order valence-corrected chi connectivity index (χ2v) is 9.55. The highest BCUT2D eigenvalue weighted by Gasteiger charge is 2.00. The molecule has 0 amide bonds. The van der Waals surface area contributed by atoms with Gasteiger partial charge in [-0.15, -0.1) is 12.3 Å². The first kappa shape index (κ1) is 9.17. The molecular formula is C7H18Si2. The minimum atomic E-state index is -0.439. The molecule has 0 aliphatic heterocycles. The van der Waals surface area contributed by atoms with Gasteiger partial charge in [-0.25, -0.2) is 0 Å². The summed E-state index contributed by atoms with van der Waals surface area (Å²) in [5.41, 5.74) is 2.19. The smallest absolute Gasteiger partial charge is 0.0574 e. The third-order valence-electron chi connectivity index (χ3n) is 1.60. The van der Waals surface area contributed by atoms with E-state index in [1.165, 1.54) is 12.1 Å². The fourth-order valence-corrected chi connectivity index (χ4v) is 5.72. The molecule has 0 N–H and O–H groups in total. The van der Waals surface area contributed by atoms with Gasteiger partial charge in [0.1, 0.15) is 0 Å². The summed E-state index contributed by atoms with van der Waals surface area (Å²) in [5, 5.41) is 0. The van der Waals surface area contributed by atoms with Gasteiger partial charge in [0.25, 0.3) is 0 Å². The van der Waals surface area contributed by atoms with Crippen LogP contribution in [0.3, 0.4) is 0 Å². The van der Waals surface area contributed by atoms with Crippen LogP contribution in [-0.4, -0.2) is 17.6 Å². The normalized spacial score (nSPS) is 13.8. The van der Waals surface area contributed by atoms with Gasteiger partial charge in [-0.2, -0.15) is 0 Å². The molecule has 1 unspecified atom stereocenters. The van der Waals surface area contributed by atoms with E-state index in [0.717, 1.165) is 0 Å². The minimum absolute atomic E-state index is 0.254. The highest BCUT2D eigenvalue weighted by Crippen LogP contribution is 2.02. The lowest BCUT2D eigenvalue weighted by atomic mass is 10.9. The van der Waals surface area contributed by atoms with Gasteiger partial charge < -0.3 is 0 Å². The zero-order chi connectivity index (χ0) is 7.28. The monoisotopic (exact) mass is 158 g/mol. The number of hydrogen-bond donors (Lipinski definition) is 0. The van der Waals surface area contributed by atoms with E-state index in [4.69, 9.17) is 0 Å². The van der Waals surface area contributed by atoms with Gasteiger partial charge >= 0.3 is 0 Å². The van der Waals surface area contributed by atoms with Crippen molar-refractivity contribution in [1.29, 1.82) is 0 Å². The third kappa shape index (κ3) is 6.05. The molecule has 0 nitrogen and oxygen atoms in total. The summed E-state index contributed by atoms with van der Waals surface area (Å²) >= 11 is 0. The zero-order valence-electron chi connectivity index (χ0n) is 6.85. The average Bonchev–Trinajstić information content (AvgIpc) is 1.83. The van der Waals surface area contributed by atoms with Crippen LogP contribution in [0.5, 0.6) is 0 Å². The maximum Gasteiger partial charge on any atom is 0.0574 e. The van der Waals surface area contributed by atoms with Crippen LogP contribution >= 0.6 is 0 Å². The molecule has 0 rings (SSSR count). The summed E-state index contributed by atoms with van der Waals surface area (Å²) in [4.78, 5) is 0. The number of hydrogen-bond acceptors (Lipinski definition) is 0. The molecule has 1 atom stereocenters. The quantitative estimate of drug-likeness (QED) is 0.549. The summed E-state index contributed by atoms with van der Waals surface area (Å²) in [6.45, 7) is 11.0. The van der Waals surface area contributed by atoms with Gasteiger partial charge in [-0.3, -0.25) is 0 Å². The Morgan fingerprint density at radius 3 is 2.11 bits per heavy atom. The highest BCUT2D eigenvalue weighted by molar-refractivity contribution is 6.65. The molecule has 0 radical (unpaired) electrons. The molecule has 0 aromatic carbocycles. The van der Waals surface area contributed by atoms with Crippen LogP contribution in [0.1, 0.15) is 0 Å². The summed E-state index contributed by atoms with van der Waals surface area (Å²) in [5.74, 6) is 0. The fraction of sp³-hybridized carbons (Fsp3) is 0.714. The van der Waals surface area contributed by atoms with Crippen molar-refractivity contribution < 1.29 is 0 Å². The van der Waals surface area contributed by atoms with Crippen LogP contribution in [0, 0.1) is 0 Å². The van der Waals surface area contributed by atoms with Crippen molar-refractivity contribution in [2.75, 3.05) is 0 Å². The summed E-state index contributed by atoms with van der Waals surface area (Å²) in [7, 11) is -0.692. The Balaban J connectivity index is 3.16. The van der Waals surface area contributed by atoms with E-state index in [2.05, 4.69) is 31.9 Å². The Kier molecular flexibility index (Phi) is 5.09. The largest absolute Gasteiger partial charge is 0.107 e.